The maximum Gasteiger partial charge on any atom is 0.107 e. The third kappa shape index (κ3) is 9.61. The fraction of sp³-hybridized carbons (Fsp3) is 0.846. The van der Waals surface area contributed by atoms with Gasteiger partial charge in [0, 0.05) is 0 Å². The standard InChI is InChI=1S/C13H24O/c1-4-6-7-8-9-10-11-13(3)14-12-5-2/h2,13H,4,6-12H2,1,3H3. The van der Waals surface area contributed by atoms with Crippen molar-refractivity contribution in [3.63, 3.8) is 0 Å². The zero-order valence-corrected chi connectivity index (χ0v) is 9.72. The average Bonchev–Trinajstić information content (AvgIpc) is 2.20. The second kappa shape index (κ2) is 10.6. The molecule has 1 atom stereocenters. The van der Waals surface area contributed by atoms with Crippen molar-refractivity contribution in [1.29, 1.82) is 0 Å². The SMILES string of the molecule is C#CCOC(C)CCCCCCCC. The second-order valence-electron chi connectivity index (χ2n) is 3.88. The van der Waals surface area contributed by atoms with E-state index in [4.69, 9.17) is 11.2 Å². The monoisotopic (exact) mass is 196 g/mol. The summed E-state index contributed by atoms with van der Waals surface area (Å²) >= 11 is 0. The minimum atomic E-state index is 0.331. The van der Waals surface area contributed by atoms with Crippen LogP contribution in [0.15, 0.2) is 0 Å². The molecule has 1 heteroatoms. The molecular weight excluding hydrogens is 172 g/mol. The molecule has 0 heterocycles. The highest BCUT2D eigenvalue weighted by Gasteiger charge is 2.00. The zero-order valence-electron chi connectivity index (χ0n) is 9.72. The largest absolute Gasteiger partial charge is 0.366 e. The van der Waals surface area contributed by atoms with Crippen molar-refractivity contribution in [3.05, 3.63) is 0 Å². The second-order valence-corrected chi connectivity index (χ2v) is 3.88. The van der Waals surface area contributed by atoms with Gasteiger partial charge in [-0.1, -0.05) is 51.4 Å². The van der Waals surface area contributed by atoms with Crippen LogP contribution in [0.3, 0.4) is 0 Å². The first-order valence-electron chi connectivity index (χ1n) is 5.86. The van der Waals surface area contributed by atoms with Gasteiger partial charge < -0.3 is 4.74 Å². The van der Waals surface area contributed by atoms with Gasteiger partial charge in [0.15, 0.2) is 0 Å². The molecule has 1 nitrogen and oxygen atoms in total. The molecule has 0 saturated carbocycles. The summed E-state index contributed by atoms with van der Waals surface area (Å²) in [6.07, 6.45) is 14.7. The van der Waals surface area contributed by atoms with Crippen LogP contribution in [-0.4, -0.2) is 12.7 Å². The van der Waals surface area contributed by atoms with Crippen LogP contribution in [0.4, 0.5) is 0 Å². The number of terminal acetylenes is 1. The maximum atomic E-state index is 5.38. The molecule has 1 unspecified atom stereocenters. The van der Waals surface area contributed by atoms with E-state index in [1.807, 2.05) is 0 Å². The predicted octanol–water partition coefficient (Wildman–Crippen LogP) is 3.78. The molecule has 0 radical (unpaired) electrons. The van der Waals surface area contributed by atoms with Gasteiger partial charge in [0.25, 0.3) is 0 Å². The highest BCUT2D eigenvalue weighted by atomic mass is 16.5. The third-order valence-corrected chi connectivity index (χ3v) is 2.42. The van der Waals surface area contributed by atoms with Crippen molar-refractivity contribution in [3.8, 4) is 12.3 Å². The van der Waals surface area contributed by atoms with Crippen molar-refractivity contribution in [2.75, 3.05) is 6.61 Å². The summed E-state index contributed by atoms with van der Waals surface area (Å²) in [5, 5.41) is 0. The summed E-state index contributed by atoms with van der Waals surface area (Å²) in [5.74, 6) is 2.49. The van der Waals surface area contributed by atoms with Crippen LogP contribution in [0.5, 0.6) is 0 Å². The molecule has 0 aliphatic heterocycles. The summed E-state index contributed by atoms with van der Waals surface area (Å²) < 4.78 is 5.38. The summed E-state index contributed by atoms with van der Waals surface area (Å²) in [7, 11) is 0. The first-order valence-corrected chi connectivity index (χ1v) is 5.86. The van der Waals surface area contributed by atoms with Gasteiger partial charge in [-0.05, 0) is 13.3 Å². The van der Waals surface area contributed by atoms with Crippen LogP contribution < -0.4 is 0 Å². The van der Waals surface area contributed by atoms with Gasteiger partial charge in [0.05, 0.1) is 6.10 Å². The minimum Gasteiger partial charge on any atom is -0.366 e. The zero-order chi connectivity index (χ0) is 10.6. The van der Waals surface area contributed by atoms with Crippen molar-refractivity contribution in [2.45, 2.75) is 64.9 Å². The van der Waals surface area contributed by atoms with Crippen LogP contribution in [0.25, 0.3) is 0 Å². The number of hydrogen-bond acceptors (Lipinski definition) is 1. The van der Waals surface area contributed by atoms with Gasteiger partial charge in [0.2, 0.25) is 0 Å². The highest BCUT2D eigenvalue weighted by Crippen LogP contribution is 2.09. The maximum absolute atomic E-state index is 5.38. The lowest BCUT2D eigenvalue weighted by Gasteiger charge is -2.10. The molecule has 0 saturated heterocycles. The van der Waals surface area contributed by atoms with Crippen LogP contribution >= 0.6 is 0 Å². The Labute approximate surface area is 89.2 Å². The predicted molar refractivity (Wildman–Crippen MR) is 62.2 cm³/mol. The lowest BCUT2D eigenvalue weighted by atomic mass is 10.1. The molecule has 0 amide bonds. The van der Waals surface area contributed by atoms with Gasteiger partial charge in [-0.3, -0.25) is 0 Å². The van der Waals surface area contributed by atoms with Gasteiger partial charge in [-0.2, -0.15) is 0 Å². The van der Waals surface area contributed by atoms with Crippen molar-refractivity contribution < 1.29 is 4.74 Å². The molecule has 0 fully saturated rings. The molecule has 0 N–H and O–H groups in total. The topological polar surface area (TPSA) is 9.23 Å². The number of ether oxygens (including phenoxy) is 1. The Morgan fingerprint density at radius 3 is 2.43 bits per heavy atom. The van der Waals surface area contributed by atoms with E-state index in [0.29, 0.717) is 12.7 Å². The molecule has 0 aromatic heterocycles. The van der Waals surface area contributed by atoms with E-state index in [1.165, 1.54) is 38.5 Å². The fourth-order valence-corrected chi connectivity index (χ4v) is 1.49. The van der Waals surface area contributed by atoms with Crippen molar-refractivity contribution in [1.82, 2.24) is 0 Å². The van der Waals surface area contributed by atoms with Crippen LogP contribution in [0.2, 0.25) is 0 Å². The molecule has 14 heavy (non-hydrogen) atoms. The van der Waals surface area contributed by atoms with Crippen molar-refractivity contribution >= 4 is 0 Å². The smallest absolute Gasteiger partial charge is 0.107 e. The van der Waals surface area contributed by atoms with E-state index in [0.717, 1.165) is 6.42 Å². The van der Waals surface area contributed by atoms with Crippen LogP contribution in [0, 0.1) is 12.3 Å². The number of rotatable bonds is 9. The Kier molecular flexibility index (Phi) is 10.2. The average molecular weight is 196 g/mol. The van der Waals surface area contributed by atoms with E-state index in [2.05, 4.69) is 19.8 Å². The Balaban J connectivity index is 3.07. The first-order chi connectivity index (χ1) is 6.81. The molecule has 0 aliphatic rings. The Morgan fingerprint density at radius 2 is 1.79 bits per heavy atom. The van der Waals surface area contributed by atoms with Gasteiger partial charge in [-0.15, -0.1) is 6.42 Å². The quantitative estimate of drug-likeness (QED) is 0.403. The van der Waals surface area contributed by atoms with E-state index < -0.39 is 0 Å². The summed E-state index contributed by atoms with van der Waals surface area (Å²) in [6.45, 7) is 4.80. The van der Waals surface area contributed by atoms with Crippen LogP contribution in [0.1, 0.15) is 58.8 Å². The molecule has 0 aromatic rings. The summed E-state index contributed by atoms with van der Waals surface area (Å²) in [4.78, 5) is 0. The Morgan fingerprint density at radius 1 is 1.14 bits per heavy atom. The Hall–Kier alpha value is -0.480. The van der Waals surface area contributed by atoms with Gasteiger partial charge >= 0.3 is 0 Å². The van der Waals surface area contributed by atoms with Crippen LogP contribution in [-0.2, 0) is 4.74 Å². The summed E-state index contributed by atoms with van der Waals surface area (Å²) in [5.41, 5.74) is 0. The van der Waals surface area contributed by atoms with Gasteiger partial charge in [-0.25, -0.2) is 0 Å². The molecule has 0 rings (SSSR count). The van der Waals surface area contributed by atoms with E-state index in [-0.39, 0.29) is 0 Å². The minimum absolute atomic E-state index is 0.331. The lowest BCUT2D eigenvalue weighted by molar-refractivity contribution is 0.0835. The molecule has 0 aromatic carbocycles. The normalized spacial score (nSPS) is 12.4. The molecule has 0 spiro atoms. The van der Waals surface area contributed by atoms with E-state index >= 15 is 0 Å². The fourth-order valence-electron chi connectivity index (χ4n) is 1.49. The van der Waals surface area contributed by atoms with E-state index in [9.17, 15) is 0 Å². The molecule has 82 valence electrons. The lowest BCUT2D eigenvalue weighted by Crippen LogP contribution is -2.07. The first kappa shape index (κ1) is 13.5. The molecule has 0 aliphatic carbocycles. The number of hydrogen-bond donors (Lipinski definition) is 0. The number of unbranched alkanes of at least 4 members (excludes halogenated alkanes) is 5. The Bertz CT molecular complexity index is 146. The van der Waals surface area contributed by atoms with Crippen molar-refractivity contribution in [2.24, 2.45) is 0 Å². The van der Waals surface area contributed by atoms with E-state index in [1.54, 1.807) is 0 Å². The van der Waals surface area contributed by atoms with Gasteiger partial charge in [0.1, 0.15) is 6.61 Å². The molecule has 0 bridgehead atoms. The highest BCUT2D eigenvalue weighted by molar-refractivity contribution is 4.83. The third-order valence-electron chi connectivity index (χ3n) is 2.42. The summed E-state index contributed by atoms with van der Waals surface area (Å²) in [6, 6.07) is 0. The molecular formula is C13H24O.